The molecule has 0 aliphatic carbocycles. The standard InChI is InChI=1S/C29H23ClN2O6S/c1-4-37-28(35)24-16(2)31-29-32(25(24)18-9-11-20(30)12-10-18)26(33)23(39-29)15-21-13-14-22(38-21)17-5-7-19(8-6-17)27(34)36-3/h5-15,25H,4H2,1-3H3. The van der Waals surface area contributed by atoms with Gasteiger partial charge in [0.05, 0.1) is 41.1 Å². The van der Waals surface area contributed by atoms with E-state index >= 15 is 0 Å². The van der Waals surface area contributed by atoms with Crippen molar-refractivity contribution in [3.63, 3.8) is 0 Å². The number of carbonyl (C=O) groups is 2. The summed E-state index contributed by atoms with van der Waals surface area (Å²) < 4.78 is 17.9. The highest BCUT2D eigenvalue weighted by molar-refractivity contribution is 7.07. The molecule has 5 rings (SSSR count). The Morgan fingerprint density at radius 1 is 1.08 bits per heavy atom. The first-order valence-corrected chi connectivity index (χ1v) is 13.2. The Bertz CT molecular complexity index is 1780. The molecule has 0 amide bonds. The Morgan fingerprint density at radius 2 is 1.79 bits per heavy atom. The van der Waals surface area contributed by atoms with Gasteiger partial charge >= 0.3 is 11.9 Å². The summed E-state index contributed by atoms with van der Waals surface area (Å²) >= 11 is 7.31. The van der Waals surface area contributed by atoms with Crippen LogP contribution in [0, 0.1) is 0 Å². The maximum absolute atomic E-state index is 13.7. The van der Waals surface area contributed by atoms with Gasteiger partial charge in [-0.05, 0) is 55.8 Å². The predicted octanol–water partition coefficient (Wildman–Crippen LogP) is 4.50. The van der Waals surface area contributed by atoms with E-state index in [1.165, 1.54) is 23.0 Å². The summed E-state index contributed by atoms with van der Waals surface area (Å²) in [6.07, 6.45) is 1.65. The number of rotatable bonds is 6. The highest BCUT2D eigenvalue weighted by atomic mass is 35.5. The van der Waals surface area contributed by atoms with Crippen LogP contribution in [0.25, 0.3) is 17.4 Å². The van der Waals surface area contributed by atoms with E-state index in [0.717, 1.165) is 5.56 Å². The Hall–Kier alpha value is -4.21. The fraction of sp³-hybridized carbons (Fsp3) is 0.172. The highest BCUT2D eigenvalue weighted by Gasteiger charge is 2.33. The van der Waals surface area contributed by atoms with Crippen LogP contribution in [0.2, 0.25) is 5.02 Å². The van der Waals surface area contributed by atoms with Gasteiger partial charge in [-0.3, -0.25) is 9.36 Å². The third-order valence-electron chi connectivity index (χ3n) is 6.19. The summed E-state index contributed by atoms with van der Waals surface area (Å²) in [6, 6.07) is 16.6. The van der Waals surface area contributed by atoms with Crippen molar-refractivity contribution in [2.75, 3.05) is 13.7 Å². The predicted molar refractivity (Wildman–Crippen MR) is 147 cm³/mol. The molecule has 0 fully saturated rings. The number of esters is 2. The van der Waals surface area contributed by atoms with Crippen molar-refractivity contribution in [1.82, 2.24) is 4.57 Å². The van der Waals surface area contributed by atoms with Crippen molar-refractivity contribution in [1.29, 1.82) is 0 Å². The van der Waals surface area contributed by atoms with Crippen LogP contribution in [0.1, 0.15) is 41.6 Å². The molecule has 1 atom stereocenters. The number of thiazole rings is 1. The van der Waals surface area contributed by atoms with Crippen LogP contribution in [0.3, 0.4) is 0 Å². The van der Waals surface area contributed by atoms with E-state index < -0.39 is 18.0 Å². The summed E-state index contributed by atoms with van der Waals surface area (Å²) in [4.78, 5) is 43.4. The highest BCUT2D eigenvalue weighted by Crippen LogP contribution is 2.31. The third kappa shape index (κ3) is 5.10. The van der Waals surface area contributed by atoms with Gasteiger partial charge in [0, 0.05) is 16.7 Å². The van der Waals surface area contributed by atoms with Crippen molar-refractivity contribution in [2.24, 2.45) is 4.99 Å². The number of allylic oxidation sites excluding steroid dienone is 1. The molecule has 0 saturated carbocycles. The largest absolute Gasteiger partial charge is 0.465 e. The summed E-state index contributed by atoms with van der Waals surface area (Å²) in [5, 5.41) is 0.540. The average Bonchev–Trinajstić information content (AvgIpc) is 3.52. The van der Waals surface area contributed by atoms with E-state index in [0.29, 0.717) is 48.3 Å². The van der Waals surface area contributed by atoms with Gasteiger partial charge in [0.25, 0.3) is 5.56 Å². The van der Waals surface area contributed by atoms with Gasteiger partial charge in [0.2, 0.25) is 0 Å². The monoisotopic (exact) mass is 562 g/mol. The quantitative estimate of drug-likeness (QED) is 0.321. The lowest BCUT2D eigenvalue weighted by molar-refractivity contribution is -0.139. The van der Waals surface area contributed by atoms with Crippen LogP contribution >= 0.6 is 22.9 Å². The summed E-state index contributed by atoms with van der Waals surface area (Å²) in [6.45, 7) is 3.65. The zero-order valence-electron chi connectivity index (χ0n) is 21.3. The molecule has 1 unspecified atom stereocenters. The molecular formula is C29H23ClN2O6S. The molecule has 1 aliphatic heterocycles. The molecule has 198 valence electrons. The van der Waals surface area contributed by atoms with E-state index in [2.05, 4.69) is 4.99 Å². The normalized spacial score (nSPS) is 15.1. The smallest absolute Gasteiger partial charge is 0.338 e. The first kappa shape index (κ1) is 26.4. The summed E-state index contributed by atoms with van der Waals surface area (Å²) in [7, 11) is 1.33. The minimum Gasteiger partial charge on any atom is -0.465 e. The Balaban J connectivity index is 1.57. The number of furan rings is 1. The van der Waals surface area contributed by atoms with Crippen LogP contribution in [0.15, 0.2) is 86.1 Å². The molecule has 2 aromatic carbocycles. The fourth-order valence-corrected chi connectivity index (χ4v) is 5.51. The van der Waals surface area contributed by atoms with Gasteiger partial charge in [0.1, 0.15) is 11.5 Å². The van der Waals surface area contributed by atoms with Crippen molar-refractivity contribution in [3.05, 3.63) is 114 Å². The number of methoxy groups -OCH3 is 1. The van der Waals surface area contributed by atoms with Crippen LogP contribution in [-0.4, -0.2) is 30.2 Å². The van der Waals surface area contributed by atoms with Crippen LogP contribution < -0.4 is 14.9 Å². The zero-order chi connectivity index (χ0) is 27.7. The van der Waals surface area contributed by atoms with Crippen molar-refractivity contribution < 1.29 is 23.5 Å². The van der Waals surface area contributed by atoms with Gasteiger partial charge in [-0.15, -0.1) is 0 Å². The SMILES string of the molecule is CCOC(=O)C1=C(C)N=c2sc(=Cc3ccc(-c4ccc(C(=O)OC)cc4)o3)c(=O)n2C1c1ccc(Cl)cc1. The topological polar surface area (TPSA) is 100 Å². The molecule has 2 aromatic heterocycles. The lowest BCUT2D eigenvalue weighted by atomic mass is 9.96. The average molecular weight is 563 g/mol. The third-order valence-corrected chi connectivity index (χ3v) is 7.43. The van der Waals surface area contributed by atoms with E-state index in [1.54, 1.807) is 80.6 Å². The number of fused-ring (bicyclic) bond motifs is 1. The van der Waals surface area contributed by atoms with Crippen LogP contribution in [-0.2, 0) is 14.3 Å². The number of benzene rings is 2. The maximum Gasteiger partial charge on any atom is 0.338 e. The molecule has 4 aromatic rings. The first-order chi connectivity index (χ1) is 18.8. The first-order valence-electron chi connectivity index (χ1n) is 12.0. The minimum absolute atomic E-state index is 0.194. The van der Waals surface area contributed by atoms with E-state index in [-0.39, 0.29) is 12.2 Å². The van der Waals surface area contributed by atoms with E-state index in [4.69, 9.17) is 25.5 Å². The molecule has 1 aliphatic rings. The zero-order valence-corrected chi connectivity index (χ0v) is 22.8. The Morgan fingerprint density at radius 3 is 2.46 bits per heavy atom. The molecular weight excluding hydrogens is 540 g/mol. The Labute approximate surface area is 232 Å². The number of ether oxygens (including phenoxy) is 2. The molecule has 0 N–H and O–H groups in total. The van der Waals surface area contributed by atoms with Crippen LogP contribution in [0.5, 0.6) is 0 Å². The second-order valence-corrected chi connectivity index (χ2v) is 10.1. The molecule has 0 saturated heterocycles. The molecule has 3 heterocycles. The summed E-state index contributed by atoms with van der Waals surface area (Å²) in [5.74, 6) is 0.0961. The van der Waals surface area contributed by atoms with E-state index in [9.17, 15) is 14.4 Å². The van der Waals surface area contributed by atoms with Crippen LogP contribution in [0.4, 0.5) is 0 Å². The van der Waals surface area contributed by atoms with Crippen molar-refractivity contribution in [2.45, 2.75) is 19.9 Å². The maximum atomic E-state index is 13.7. The minimum atomic E-state index is -0.722. The lowest BCUT2D eigenvalue weighted by Gasteiger charge is -2.24. The van der Waals surface area contributed by atoms with Gasteiger partial charge in [-0.1, -0.05) is 47.2 Å². The number of hydrogen-bond acceptors (Lipinski definition) is 8. The summed E-state index contributed by atoms with van der Waals surface area (Å²) in [5.41, 5.74) is 2.38. The second kappa shape index (κ2) is 10.9. The molecule has 10 heteroatoms. The molecule has 39 heavy (non-hydrogen) atoms. The van der Waals surface area contributed by atoms with Crippen molar-refractivity contribution in [3.8, 4) is 11.3 Å². The molecule has 0 radical (unpaired) electrons. The number of halogens is 1. The van der Waals surface area contributed by atoms with Crippen molar-refractivity contribution >= 4 is 41.0 Å². The Kier molecular flexibility index (Phi) is 7.36. The fourth-order valence-electron chi connectivity index (χ4n) is 4.36. The van der Waals surface area contributed by atoms with Gasteiger partial charge < -0.3 is 13.9 Å². The molecule has 0 spiro atoms. The number of carbonyl (C=O) groups excluding carboxylic acids is 2. The van der Waals surface area contributed by atoms with Gasteiger partial charge in [-0.2, -0.15) is 0 Å². The number of hydrogen-bond donors (Lipinski definition) is 0. The molecule has 8 nitrogen and oxygen atoms in total. The van der Waals surface area contributed by atoms with E-state index in [1.807, 2.05) is 0 Å². The number of aromatic nitrogens is 1. The second-order valence-electron chi connectivity index (χ2n) is 8.62. The molecule has 0 bridgehead atoms. The van der Waals surface area contributed by atoms with Gasteiger partial charge in [0.15, 0.2) is 4.80 Å². The van der Waals surface area contributed by atoms with Gasteiger partial charge in [-0.25, -0.2) is 14.6 Å². The number of nitrogens with zero attached hydrogens (tertiary/aromatic N) is 2. The lowest BCUT2D eigenvalue weighted by Crippen LogP contribution is -2.39.